The van der Waals surface area contributed by atoms with Crippen molar-refractivity contribution in [2.75, 3.05) is 6.54 Å². The summed E-state index contributed by atoms with van der Waals surface area (Å²) in [6.07, 6.45) is 8.74. The van der Waals surface area contributed by atoms with Crippen LogP contribution in [0.1, 0.15) is 132 Å². The second-order valence-electron chi connectivity index (χ2n) is 17.0. The number of fused-ring (bicyclic) bond motifs is 1. The van der Waals surface area contributed by atoms with Crippen molar-refractivity contribution >= 4 is 17.8 Å². The van der Waals surface area contributed by atoms with Gasteiger partial charge in [0.25, 0.3) is 0 Å². The molecule has 0 radical (unpaired) electrons. The van der Waals surface area contributed by atoms with Gasteiger partial charge in [-0.25, -0.2) is 0 Å². The van der Waals surface area contributed by atoms with E-state index in [0.717, 1.165) is 52.6 Å². The molecule has 302 valence electrons. The highest BCUT2D eigenvalue weighted by molar-refractivity contribution is 5.82. The second-order valence-corrected chi connectivity index (χ2v) is 17.0. The number of amides is 2. The highest BCUT2D eigenvalue weighted by atomic mass is 16.7. The lowest BCUT2D eigenvalue weighted by Gasteiger charge is -2.50. The van der Waals surface area contributed by atoms with E-state index in [4.69, 9.17) is 14.6 Å². The molecule has 3 aromatic carbocycles. The Morgan fingerprint density at radius 2 is 1.54 bits per heavy atom. The monoisotopic (exact) mass is 767 g/mol. The normalized spacial score (nSPS) is 24.2. The molecule has 0 aromatic heterocycles. The van der Waals surface area contributed by atoms with Crippen LogP contribution in [0.4, 0.5) is 0 Å². The van der Waals surface area contributed by atoms with Gasteiger partial charge in [0.05, 0.1) is 24.9 Å². The van der Waals surface area contributed by atoms with Crippen LogP contribution in [0.25, 0.3) is 11.1 Å². The van der Waals surface area contributed by atoms with Crippen LogP contribution in [0.2, 0.25) is 0 Å². The summed E-state index contributed by atoms with van der Waals surface area (Å²) in [7, 11) is 0. The number of carbonyl (C=O) groups excluding carboxylic acids is 2. The Bertz CT molecular complexity index is 1760. The predicted octanol–water partition coefficient (Wildman–Crippen LogP) is 7.98. The number of carboxylic acids is 1. The number of aliphatic hydroxyl groups is 1. The Balaban J connectivity index is 1.19. The van der Waals surface area contributed by atoms with E-state index in [2.05, 4.69) is 45.9 Å². The van der Waals surface area contributed by atoms with Crippen molar-refractivity contribution in [3.05, 3.63) is 95.1 Å². The number of likely N-dealkylation sites (tertiary alicyclic amines) is 1. The van der Waals surface area contributed by atoms with E-state index in [1.54, 1.807) is 0 Å². The van der Waals surface area contributed by atoms with Crippen molar-refractivity contribution in [3.63, 3.8) is 0 Å². The summed E-state index contributed by atoms with van der Waals surface area (Å²) < 4.78 is 13.6. The zero-order valence-corrected chi connectivity index (χ0v) is 33.4. The summed E-state index contributed by atoms with van der Waals surface area (Å²) in [5.41, 5.74) is 5.51. The van der Waals surface area contributed by atoms with E-state index in [9.17, 15) is 19.5 Å². The van der Waals surface area contributed by atoms with Gasteiger partial charge in [-0.3, -0.25) is 19.3 Å². The van der Waals surface area contributed by atoms with E-state index in [1.165, 1.54) is 19.3 Å². The first-order valence-electron chi connectivity index (χ1n) is 20.7. The van der Waals surface area contributed by atoms with E-state index in [-0.39, 0.29) is 48.6 Å². The maximum Gasteiger partial charge on any atom is 0.303 e. The molecule has 6 atom stereocenters. The Morgan fingerprint density at radius 3 is 2.27 bits per heavy atom. The second kappa shape index (κ2) is 19.4. The molecule has 1 saturated carbocycles. The first-order chi connectivity index (χ1) is 27.0. The Labute approximate surface area is 332 Å². The minimum absolute atomic E-state index is 0.0201. The maximum atomic E-state index is 13.8. The molecule has 3 aliphatic rings. The van der Waals surface area contributed by atoms with Gasteiger partial charge in [0.2, 0.25) is 11.8 Å². The van der Waals surface area contributed by atoms with E-state index < -0.39 is 12.3 Å². The van der Waals surface area contributed by atoms with E-state index >= 15 is 0 Å². The van der Waals surface area contributed by atoms with Gasteiger partial charge in [0.1, 0.15) is 0 Å². The van der Waals surface area contributed by atoms with Crippen LogP contribution in [0, 0.1) is 5.92 Å². The van der Waals surface area contributed by atoms with Crippen molar-refractivity contribution in [2.24, 2.45) is 5.92 Å². The van der Waals surface area contributed by atoms with Gasteiger partial charge < -0.3 is 30.3 Å². The minimum atomic E-state index is -0.807. The molecule has 3 aromatic rings. The van der Waals surface area contributed by atoms with Crippen LogP contribution in [0.3, 0.4) is 0 Å². The molecule has 0 unspecified atom stereocenters. The zero-order chi connectivity index (χ0) is 39.7. The van der Waals surface area contributed by atoms with Crippen molar-refractivity contribution in [3.8, 4) is 11.1 Å². The Hall–Kier alpha value is -4.09. The summed E-state index contributed by atoms with van der Waals surface area (Å²) >= 11 is 0. The smallest absolute Gasteiger partial charge is 0.303 e. The number of piperidine rings is 1. The Kier molecular flexibility index (Phi) is 14.4. The van der Waals surface area contributed by atoms with Crippen molar-refractivity contribution in [2.45, 2.75) is 147 Å². The first kappa shape index (κ1) is 41.5. The molecule has 2 heterocycles. The number of nitrogens with zero attached hydrogens (tertiary/aromatic N) is 1. The fourth-order valence-corrected chi connectivity index (χ4v) is 8.79. The van der Waals surface area contributed by atoms with Gasteiger partial charge in [0.15, 0.2) is 6.29 Å². The lowest BCUT2D eigenvalue weighted by molar-refractivity contribution is -0.255. The third-order valence-electron chi connectivity index (χ3n) is 11.6. The van der Waals surface area contributed by atoms with Crippen LogP contribution >= 0.6 is 0 Å². The lowest BCUT2D eigenvalue weighted by atomic mass is 9.75. The first-order valence-corrected chi connectivity index (χ1v) is 20.7. The molecule has 2 amide bonds. The number of aliphatic carboxylic acids is 1. The van der Waals surface area contributed by atoms with Gasteiger partial charge in [0, 0.05) is 49.5 Å². The summed E-state index contributed by atoms with van der Waals surface area (Å²) in [6.45, 7) is 7.15. The van der Waals surface area contributed by atoms with Crippen molar-refractivity contribution in [1.29, 1.82) is 0 Å². The van der Waals surface area contributed by atoms with Crippen LogP contribution in [0.5, 0.6) is 0 Å². The lowest BCUT2D eigenvalue weighted by Crippen LogP contribution is -2.61. The standard InChI is InChI=1S/C46H61N3O7/c1-46(2,3)48-44(54)40-26-25-33-11-8-10-14-39(33)49(40)29-37-27-41(34-19-17-31(30-50)18-20-34)56-45(55-37)35-23-21-32(22-24-35)38-13-9-7-12-36(38)28-47-42(51)15-5-4-6-16-43(52)53/h7,9,12-13,17-24,33,37,39-41,45,50H,4-6,8,10-11,14-16,25-30H2,1-3H3,(H,47,51)(H,48,54)(H,52,53)/t33-,37+,39-,40-,41-,45-/m1/s1. The average molecular weight is 768 g/mol. The number of ether oxygens (including phenoxy) is 2. The SMILES string of the molecule is CC(C)(C)NC(=O)[C@H]1CC[C@H]2CCCC[C@H]2N1C[C@@H]1C[C@H](c2ccc(CO)cc2)O[C@H](c2ccc(-c3ccccc3CNC(=O)CCCCCC(=O)O)cc2)O1. The number of carboxylic acid groups (broad SMARTS) is 1. The van der Waals surface area contributed by atoms with Crippen LogP contribution in [-0.4, -0.2) is 63.2 Å². The van der Waals surface area contributed by atoms with Gasteiger partial charge in [-0.1, -0.05) is 92.1 Å². The zero-order valence-electron chi connectivity index (χ0n) is 33.4. The van der Waals surface area contributed by atoms with Gasteiger partial charge in [-0.2, -0.15) is 0 Å². The van der Waals surface area contributed by atoms with Gasteiger partial charge in [-0.15, -0.1) is 0 Å². The number of aliphatic hydroxyl groups excluding tert-OH is 1. The molecule has 10 nitrogen and oxygen atoms in total. The van der Waals surface area contributed by atoms with E-state index in [0.29, 0.717) is 57.2 Å². The van der Waals surface area contributed by atoms with Crippen LogP contribution in [0.15, 0.2) is 72.8 Å². The molecule has 10 heteroatoms. The fraction of sp³-hybridized carbons (Fsp3) is 0.543. The predicted molar refractivity (Wildman–Crippen MR) is 216 cm³/mol. The molecule has 3 fully saturated rings. The van der Waals surface area contributed by atoms with Gasteiger partial charge in [-0.05, 0) is 93.0 Å². The molecular formula is C46H61N3O7. The van der Waals surface area contributed by atoms with Crippen molar-refractivity contribution in [1.82, 2.24) is 15.5 Å². The quantitative estimate of drug-likeness (QED) is 0.114. The summed E-state index contributed by atoms with van der Waals surface area (Å²) in [6, 6.07) is 24.4. The van der Waals surface area contributed by atoms with E-state index in [1.807, 2.05) is 63.2 Å². The number of unbranched alkanes of at least 4 members (excludes halogenated alkanes) is 2. The molecule has 2 saturated heterocycles. The molecular weight excluding hydrogens is 707 g/mol. The number of carbonyl (C=O) groups is 3. The summed E-state index contributed by atoms with van der Waals surface area (Å²) in [5, 5.41) is 24.9. The molecule has 1 aliphatic carbocycles. The fourth-order valence-electron chi connectivity index (χ4n) is 8.79. The highest BCUT2D eigenvalue weighted by Crippen LogP contribution is 2.42. The average Bonchev–Trinajstić information content (AvgIpc) is 3.19. The molecule has 0 bridgehead atoms. The van der Waals surface area contributed by atoms with Gasteiger partial charge >= 0.3 is 5.97 Å². The number of nitrogens with one attached hydrogen (secondary N) is 2. The molecule has 0 spiro atoms. The molecule has 4 N–H and O–H groups in total. The third-order valence-corrected chi connectivity index (χ3v) is 11.6. The summed E-state index contributed by atoms with van der Waals surface area (Å²) in [4.78, 5) is 39.6. The Morgan fingerprint density at radius 1 is 0.821 bits per heavy atom. The topological polar surface area (TPSA) is 137 Å². The number of hydrogen-bond acceptors (Lipinski definition) is 7. The molecule has 56 heavy (non-hydrogen) atoms. The number of rotatable bonds is 15. The van der Waals surface area contributed by atoms with Crippen LogP contribution < -0.4 is 10.6 Å². The maximum absolute atomic E-state index is 13.8. The highest BCUT2D eigenvalue weighted by Gasteiger charge is 2.44. The molecule has 2 aliphatic heterocycles. The summed E-state index contributed by atoms with van der Waals surface area (Å²) in [5.74, 6) is -0.154. The molecule has 6 rings (SSSR count). The largest absolute Gasteiger partial charge is 0.481 e. The third kappa shape index (κ3) is 11.3. The number of benzene rings is 3. The minimum Gasteiger partial charge on any atom is -0.481 e. The number of hydrogen-bond donors (Lipinski definition) is 4. The van der Waals surface area contributed by atoms with Crippen LogP contribution in [-0.2, 0) is 37.0 Å². The van der Waals surface area contributed by atoms with Crippen molar-refractivity contribution < 1.29 is 34.1 Å².